The summed E-state index contributed by atoms with van der Waals surface area (Å²) in [6, 6.07) is 10.4. The predicted molar refractivity (Wildman–Crippen MR) is 97.6 cm³/mol. The van der Waals surface area contributed by atoms with Crippen LogP contribution in [0.2, 0.25) is 5.02 Å². The lowest BCUT2D eigenvalue weighted by Gasteiger charge is -2.10. The van der Waals surface area contributed by atoms with E-state index in [0.717, 1.165) is 11.3 Å². The number of rotatable bonds is 7. The molecule has 2 aromatic carbocycles. The van der Waals surface area contributed by atoms with Gasteiger partial charge in [0.15, 0.2) is 18.1 Å². The zero-order chi connectivity index (χ0) is 19.2. The smallest absolute Gasteiger partial charge is 0.338 e. The molecule has 1 aliphatic heterocycles. The number of esters is 1. The van der Waals surface area contributed by atoms with E-state index in [1.54, 1.807) is 7.11 Å². The Morgan fingerprint density at radius 1 is 1.22 bits per heavy atom. The van der Waals surface area contributed by atoms with E-state index in [-0.39, 0.29) is 17.4 Å². The van der Waals surface area contributed by atoms with Gasteiger partial charge < -0.3 is 24.3 Å². The molecule has 0 atom stereocenters. The molecule has 0 aromatic heterocycles. The Morgan fingerprint density at radius 2 is 2.04 bits per heavy atom. The van der Waals surface area contributed by atoms with Crippen LogP contribution in [0.25, 0.3) is 0 Å². The first-order chi connectivity index (χ1) is 13.1. The third-order valence-electron chi connectivity index (χ3n) is 3.91. The lowest BCUT2D eigenvalue weighted by atomic mass is 10.1. The minimum Gasteiger partial charge on any atom is -0.496 e. The van der Waals surface area contributed by atoms with Crippen LogP contribution >= 0.6 is 11.6 Å². The van der Waals surface area contributed by atoms with Crippen molar-refractivity contribution in [1.29, 1.82) is 0 Å². The van der Waals surface area contributed by atoms with E-state index in [9.17, 15) is 9.59 Å². The number of benzene rings is 2. The number of halogens is 1. The van der Waals surface area contributed by atoms with Crippen molar-refractivity contribution in [2.24, 2.45) is 0 Å². The fourth-order valence-electron chi connectivity index (χ4n) is 2.60. The van der Waals surface area contributed by atoms with Crippen molar-refractivity contribution in [2.75, 3.05) is 27.1 Å². The van der Waals surface area contributed by atoms with Crippen molar-refractivity contribution in [1.82, 2.24) is 5.32 Å². The molecule has 142 valence electrons. The fraction of sp³-hybridized carbons (Fsp3) is 0.263. The van der Waals surface area contributed by atoms with Crippen molar-refractivity contribution in [3.8, 4) is 17.2 Å². The zero-order valence-electron chi connectivity index (χ0n) is 14.6. The molecule has 8 heteroatoms. The summed E-state index contributed by atoms with van der Waals surface area (Å²) in [5.74, 6) is 0.455. The lowest BCUT2D eigenvalue weighted by Crippen LogP contribution is -2.30. The van der Waals surface area contributed by atoms with Crippen molar-refractivity contribution in [3.05, 3.63) is 52.5 Å². The molecule has 27 heavy (non-hydrogen) atoms. The molecule has 1 N–H and O–H groups in total. The Balaban J connectivity index is 1.46. The number of methoxy groups -OCH3 is 1. The molecule has 0 radical (unpaired) electrons. The van der Waals surface area contributed by atoms with Gasteiger partial charge in [-0.15, -0.1) is 0 Å². The molecule has 0 bridgehead atoms. The first kappa shape index (κ1) is 18.8. The average molecular weight is 392 g/mol. The number of hydrogen-bond donors (Lipinski definition) is 1. The minimum absolute atomic E-state index is 0.0438. The topological polar surface area (TPSA) is 83.1 Å². The Kier molecular flexibility index (Phi) is 6.03. The molecule has 0 spiro atoms. The molecule has 7 nitrogen and oxygen atoms in total. The number of nitrogens with one attached hydrogen (secondary N) is 1. The standard InChI is InChI=1S/C19H18ClNO6/c1-24-15-5-3-2-4-12(15)6-7-21-17(22)10-25-19(23)13-8-14(20)18-16(9-13)26-11-27-18/h2-5,8-9H,6-7,10-11H2,1H3,(H,21,22). The normalized spacial score (nSPS) is 11.8. The van der Waals surface area contributed by atoms with Gasteiger partial charge in [0.05, 0.1) is 17.7 Å². The summed E-state index contributed by atoms with van der Waals surface area (Å²) in [5, 5.41) is 2.95. The van der Waals surface area contributed by atoms with Gasteiger partial charge >= 0.3 is 5.97 Å². The minimum atomic E-state index is -0.671. The summed E-state index contributed by atoms with van der Waals surface area (Å²) < 4.78 is 20.7. The average Bonchev–Trinajstić information content (AvgIpc) is 3.15. The van der Waals surface area contributed by atoms with E-state index in [4.69, 9.17) is 30.5 Å². The number of hydrogen-bond acceptors (Lipinski definition) is 6. The van der Waals surface area contributed by atoms with Gasteiger partial charge in [-0.05, 0) is 30.2 Å². The Bertz CT molecular complexity index is 854. The molecule has 0 saturated heterocycles. The SMILES string of the molecule is COc1ccccc1CCNC(=O)COC(=O)c1cc(Cl)c2c(c1)OCO2. The van der Waals surface area contributed by atoms with Crippen molar-refractivity contribution >= 4 is 23.5 Å². The number of carbonyl (C=O) groups excluding carboxylic acids is 2. The first-order valence-corrected chi connectivity index (χ1v) is 8.61. The Labute approximate surface area is 161 Å². The van der Waals surface area contributed by atoms with Gasteiger partial charge in [-0.3, -0.25) is 4.79 Å². The highest BCUT2D eigenvalue weighted by molar-refractivity contribution is 6.32. The molecule has 0 aliphatic carbocycles. The highest BCUT2D eigenvalue weighted by atomic mass is 35.5. The number of fused-ring (bicyclic) bond motifs is 1. The molecule has 1 aliphatic rings. The van der Waals surface area contributed by atoms with Crippen LogP contribution in [0.5, 0.6) is 17.2 Å². The monoisotopic (exact) mass is 391 g/mol. The second kappa shape index (κ2) is 8.64. The van der Waals surface area contributed by atoms with Crippen LogP contribution in [-0.4, -0.2) is 38.9 Å². The van der Waals surface area contributed by atoms with Gasteiger partial charge in [-0.1, -0.05) is 29.8 Å². The van der Waals surface area contributed by atoms with Crippen LogP contribution in [-0.2, 0) is 16.0 Å². The molecule has 0 unspecified atom stereocenters. The van der Waals surface area contributed by atoms with E-state index >= 15 is 0 Å². The number of carbonyl (C=O) groups is 2. The second-order valence-corrected chi connectivity index (χ2v) is 6.09. The van der Waals surface area contributed by atoms with Crippen molar-refractivity contribution in [2.45, 2.75) is 6.42 Å². The molecule has 1 amide bonds. The van der Waals surface area contributed by atoms with Crippen LogP contribution < -0.4 is 19.5 Å². The molecular formula is C19H18ClNO6. The molecule has 3 rings (SSSR count). The van der Waals surface area contributed by atoms with E-state index in [0.29, 0.717) is 24.5 Å². The predicted octanol–water partition coefficient (Wildman–Crippen LogP) is 2.59. The van der Waals surface area contributed by atoms with Crippen LogP contribution in [0.3, 0.4) is 0 Å². The van der Waals surface area contributed by atoms with Gasteiger partial charge in [0.1, 0.15) is 5.75 Å². The van der Waals surface area contributed by atoms with Gasteiger partial charge in [0.2, 0.25) is 6.79 Å². The van der Waals surface area contributed by atoms with Gasteiger partial charge in [-0.2, -0.15) is 0 Å². The summed E-state index contributed by atoms with van der Waals surface area (Å²) in [7, 11) is 1.60. The number of ether oxygens (including phenoxy) is 4. The first-order valence-electron chi connectivity index (χ1n) is 8.23. The Hall–Kier alpha value is -2.93. The molecule has 2 aromatic rings. The summed E-state index contributed by atoms with van der Waals surface area (Å²) in [6.07, 6.45) is 0.599. The summed E-state index contributed by atoms with van der Waals surface area (Å²) in [4.78, 5) is 24.0. The molecule has 1 heterocycles. The van der Waals surface area contributed by atoms with Gasteiger partial charge in [0, 0.05) is 6.54 Å². The van der Waals surface area contributed by atoms with Gasteiger partial charge in [0.25, 0.3) is 5.91 Å². The zero-order valence-corrected chi connectivity index (χ0v) is 15.4. The van der Waals surface area contributed by atoms with E-state index in [1.165, 1.54) is 12.1 Å². The highest BCUT2D eigenvalue weighted by Gasteiger charge is 2.21. The number of amides is 1. The van der Waals surface area contributed by atoms with Crippen LogP contribution in [0, 0.1) is 0 Å². The highest BCUT2D eigenvalue weighted by Crippen LogP contribution is 2.39. The molecule has 0 saturated carbocycles. The van der Waals surface area contributed by atoms with Gasteiger partial charge in [-0.25, -0.2) is 4.79 Å². The quantitative estimate of drug-likeness (QED) is 0.730. The molecule has 0 fully saturated rings. The van der Waals surface area contributed by atoms with Crippen LogP contribution in [0.1, 0.15) is 15.9 Å². The second-order valence-electron chi connectivity index (χ2n) is 5.68. The van der Waals surface area contributed by atoms with Crippen molar-refractivity contribution < 1.29 is 28.5 Å². The van der Waals surface area contributed by atoms with E-state index in [1.807, 2.05) is 24.3 Å². The largest absolute Gasteiger partial charge is 0.496 e. The maximum absolute atomic E-state index is 12.1. The summed E-state index contributed by atoms with van der Waals surface area (Å²) >= 11 is 6.03. The summed E-state index contributed by atoms with van der Waals surface area (Å²) in [5.41, 5.74) is 1.17. The molecular weight excluding hydrogens is 374 g/mol. The van der Waals surface area contributed by atoms with E-state index < -0.39 is 18.5 Å². The fourth-order valence-corrected chi connectivity index (χ4v) is 2.86. The third kappa shape index (κ3) is 4.62. The van der Waals surface area contributed by atoms with E-state index in [2.05, 4.69) is 5.32 Å². The van der Waals surface area contributed by atoms with Crippen molar-refractivity contribution in [3.63, 3.8) is 0 Å². The third-order valence-corrected chi connectivity index (χ3v) is 4.19. The lowest BCUT2D eigenvalue weighted by molar-refractivity contribution is -0.124. The summed E-state index contributed by atoms with van der Waals surface area (Å²) in [6.45, 7) is 0.0472. The number of para-hydroxylation sites is 1. The van der Waals surface area contributed by atoms with Crippen LogP contribution in [0.15, 0.2) is 36.4 Å². The Morgan fingerprint density at radius 3 is 2.85 bits per heavy atom. The van der Waals surface area contributed by atoms with Crippen LogP contribution in [0.4, 0.5) is 0 Å². The maximum atomic E-state index is 12.1. The maximum Gasteiger partial charge on any atom is 0.338 e.